The van der Waals surface area contributed by atoms with Gasteiger partial charge in [0.05, 0.1) is 11.4 Å². The summed E-state index contributed by atoms with van der Waals surface area (Å²) in [6.07, 6.45) is 13.4. The maximum Gasteiger partial charge on any atom is 0.0750 e. The van der Waals surface area contributed by atoms with Crippen molar-refractivity contribution in [3.05, 3.63) is 48.4 Å². The first-order valence-electron chi connectivity index (χ1n) is 5.05. The number of rotatable bonds is 0. The average Bonchev–Trinajstić information content (AvgIpc) is 2.47. The van der Waals surface area contributed by atoms with Crippen LogP contribution in [0, 0.1) is 10.8 Å². The summed E-state index contributed by atoms with van der Waals surface area (Å²) < 4.78 is 0. The van der Waals surface area contributed by atoms with Crippen molar-refractivity contribution in [3.8, 4) is 0 Å². The van der Waals surface area contributed by atoms with Crippen LogP contribution in [0.3, 0.4) is 0 Å². The van der Waals surface area contributed by atoms with Crippen LogP contribution in [0.4, 0.5) is 0 Å². The summed E-state index contributed by atoms with van der Waals surface area (Å²) in [7, 11) is 0. The summed E-state index contributed by atoms with van der Waals surface area (Å²) >= 11 is 0. The lowest BCUT2D eigenvalue weighted by Gasteiger charge is -2.00. The van der Waals surface area contributed by atoms with Gasteiger partial charge in [0, 0.05) is 24.9 Å². The molecule has 0 spiro atoms. The van der Waals surface area contributed by atoms with Crippen LogP contribution in [0.5, 0.6) is 0 Å². The molecule has 4 nitrogen and oxygen atoms in total. The Kier molecular flexibility index (Phi) is 4.79. The summed E-state index contributed by atoms with van der Waals surface area (Å²) in [4.78, 5) is 0. The molecule has 0 saturated carbocycles. The monoisotopic (exact) mass is 216 g/mol. The van der Waals surface area contributed by atoms with Crippen LogP contribution in [0.2, 0.25) is 0 Å². The Balaban J connectivity index is 0.000000165. The molecule has 0 amide bonds. The van der Waals surface area contributed by atoms with E-state index in [1.54, 1.807) is 18.4 Å². The van der Waals surface area contributed by atoms with E-state index in [2.05, 4.69) is 5.32 Å². The fourth-order valence-electron chi connectivity index (χ4n) is 1.11. The molecule has 84 valence electrons. The molecule has 2 rings (SSSR count). The standard InChI is InChI=1S/C7H8N2.C5H8N2/c8-6-4-2-1-3-5-7(6)9;6-5-2-1-3-7-4-5/h1-4,8-9H,5H2;1-2,4,7H,3,6H2. The highest BCUT2D eigenvalue weighted by molar-refractivity contribution is 6.44. The normalized spacial score (nSPS) is 18.1. The fraction of sp³-hybridized carbons (Fsp3) is 0.167. The molecular formula is C12H16N4. The summed E-state index contributed by atoms with van der Waals surface area (Å²) in [6.45, 7) is 0.903. The van der Waals surface area contributed by atoms with Crippen molar-refractivity contribution >= 4 is 11.4 Å². The minimum absolute atomic E-state index is 0.319. The highest BCUT2D eigenvalue weighted by Crippen LogP contribution is 1.96. The Morgan fingerprint density at radius 2 is 1.94 bits per heavy atom. The molecule has 0 aromatic heterocycles. The van der Waals surface area contributed by atoms with Gasteiger partial charge in [-0.05, 0) is 12.2 Å². The number of allylic oxidation sites excluding steroid dienone is 5. The molecule has 0 unspecified atom stereocenters. The molecule has 4 heteroatoms. The molecule has 0 fully saturated rings. The van der Waals surface area contributed by atoms with E-state index in [-0.39, 0.29) is 0 Å². The van der Waals surface area contributed by atoms with E-state index in [1.165, 1.54) is 0 Å². The lowest BCUT2D eigenvalue weighted by Crippen LogP contribution is -2.12. The van der Waals surface area contributed by atoms with Crippen LogP contribution in [0.1, 0.15) is 6.42 Å². The lowest BCUT2D eigenvalue weighted by atomic mass is 10.2. The van der Waals surface area contributed by atoms with Crippen LogP contribution >= 0.6 is 0 Å². The van der Waals surface area contributed by atoms with E-state index in [1.807, 2.05) is 24.3 Å². The van der Waals surface area contributed by atoms with Gasteiger partial charge in [0.15, 0.2) is 0 Å². The van der Waals surface area contributed by atoms with Gasteiger partial charge < -0.3 is 16.5 Å². The largest absolute Gasteiger partial charge is 0.398 e. The Morgan fingerprint density at radius 1 is 1.12 bits per heavy atom. The van der Waals surface area contributed by atoms with E-state index >= 15 is 0 Å². The van der Waals surface area contributed by atoms with Gasteiger partial charge in [-0.15, -0.1) is 0 Å². The van der Waals surface area contributed by atoms with Crippen LogP contribution in [0.15, 0.2) is 48.4 Å². The topological polar surface area (TPSA) is 85.8 Å². The zero-order chi connectivity index (χ0) is 11.8. The summed E-state index contributed by atoms with van der Waals surface area (Å²) in [5, 5.41) is 17.4. The van der Waals surface area contributed by atoms with Gasteiger partial charge in [-0.2, -0.15) is 0 Å². The number of nitrogens with two attached hydrogens (primary N) is 1. The summed E-state index contributed by atoms with van der Waals surface area (Å²) in [6, 6.07) is 0. The third-order valence-electron chi connectivity index (χ3n) is 1.97. The van der Waals surface area contributed by atoms with Gasteiger partial charge in [-0.3, -0.25) is 5.41 Å². The molecule has 5 N–H and O–H groups in total. The van der Waals surface area contributed by atoms with Crippen molar-refractivity contribution in [3.63, 3.8) is 0 Å². The predicted molar refractivity (Wildman–Crippen MR) is 67.8 cm³/mol. The highest BCUT2D eigenvalue weighted by atomic mass is 14.8. The molecule has 0 atom stereocenters. The molecule has 0 radical (unpaired) electrons. The van der Waals surface area contributed by atoms with Gasteiger partial charge in [-0.1, -0.05) is 24.3 Å². The highest BCUT2D eigenvalue weighted by Gasteiger charge is 1.99. The summed E-state index contributed by atoms with van der Waals surface area (Å²) in [5.41, 5.74) is 6.85. The van der Waals surface area contributed by atoms with Crippen molar-refractivity contribution in [2.45, 2.75) is 6.42 Å². The fourth-order valence-corrected chi connectivity index (χ4v) is 1.11. The minimum Gasteiger partial charge on any atom is -0.398 e. The molecule has 1 aliphatic heterocycles. The average molecular weight is 216 g/mol. The molecule has 0 saturated heterocycles. The van der Waals surface area contributed by atoms with Crippen molar-refractivity contribution in [1.82, 2.24) is 5.32 Å². The summed E-state index contributed by atoms with van der Waals surface area (Å²) in [5.74, 6) is 0. The second kappa shape index (κ2) is 6.40. The molecular weight excluding hydrogens is 200 g/mol. The molecule has 0 bridgehead atoms. The first-order chi connectivity index (χ1) is 7.70. The first kappa shape index (κ1) is 12.0. The molecule has 16 heavy (non-hydrogen) atoms. The van der Waals surface area contributed by atoms with Crippen LogP contribution in [0.25, 0.3) is 0 Å². The Morgan fingerprint density at radius 3 is 2.50 bits per heavy atom. The van der Waals surface area contributed by atoms with Gasteiger partial charge in [0.25, 0.3) is 0 Å². The lowest BCUT2D eigenvalue weighted by molar-refractivity contribution is 0.950. The van der Waals surface area contributed by atoms with Crippen LogP contribution in [-0.4, -0.2) is 18.0 Å². The maximum absolute atomic E-state index is 7.21. The Hall–Kier alpha value is -2.10. The van der Waals surface area contributed by atoms with Crippen molar-refractivity contribution in [1.29, 1.82) is 10.8 Å². The second-order valence-electron chi connectivity index (χ2n) is 3.34. The number of nitrogens with one attached hydrogen (secondary N) is 3. The molecule has 1 heterocycles. The third kappa shape index (κ3) is 4.41. The quantitative estimate of drug-likeness (QED) is 0.494. The van der Waals surface area contributed by atoms with E-state index in [4.69, 9.17) is 16.6 Å². The van der Waals surface area contributed by atoms with Crippen molar-refractivity contribution in [2.24, 2.45) is 5.73 Å². The van der Waals surface area contributed by atoms with E-state index in [0.717, 1.165) is 12.2 Å². The SMILES string of the molecule is N=C1C=CC=CCC1=N.NC1=CNCC=C1. The number of dihydropyridines is 1. The van der Waals surface area contributed by atoms with Crippen LogP contribution < -0.4 is 11.1 Å². The maximum atomic E-state index is 7.21. The molecule has 2 aliphatic rings. The van der Waals surface area contributed by atoms with E-state index in [9.17, 15) is 0 Å². The molecule has 0 aromatic carbocycles. The van der Waals surface area contributed by atoms with E-state index < -0.39 is 0 Å². The minimum atomic E-state index is 0.319. The smallest absolute Gasteiger partial charge is 0.0750 e. The van der Waals surface area contributed by atoms with Crippen molar-refractivity contribution in [2.75, 3.05) is 6.54 Å². The number of hydrogen-bond acceptors (Lipinski definition) is 4. The second-order valence-corrected chi connectivity index (χ2v) is 3.34. The van der Waals surface area contributed by atoms with Crippen LogP contribution in [-0.2, 0) is 0 Å². The van der Waals surface area contributed by atoms with Gasteiger partial charge in [-0.25, -0.2) is 0 Å². The Labute approximate surface area is 95.2 Å². The number of hydrogen-bond donors (Lipinski definition) is 4. The zero-order valence-corrected chi connectivity index (χ0v) is 9.03. The van der Waals surface area contributed by atoms with Crippen molar-refractivity contribution < 1.29 is 0 Å². The predicted octanol–water partition coefficient (Wildman–Crippen LogP) is 1.49. The molecule has 1 aliphatic carbocycles. The Bertz CT molecular complexity index is 386. The first-order valence-corrected chi connectivity index (χ1v) is 5.05. The van der Waals surface area contributed by atoms with Gasteiger partial charge >= 0.3 is 0 Å². The van der Waals surface area contributed by atoms with E-state index in [0.29, 0.717) is 17.8 Å². The van der Waals surface area contributed by atoms with Gasteiger partial charge in [0.2, 0.25) is 0 Å². The molecule has 0 aromatic rings. The third-order valence-corrected chi connectivity index (χ3v) is 1.97. The zero-order valence-electron chi connectivity index (χ0n) is 9.03. The van der Waals surface area contributed by atoms with Gasteiger partial charge in [0.1, 0.15) is 0 Å².